The van der Waals surface area contributed by atoms with Crippen LogP contribution in [0.2, 0.25) is 5.02 Å². The number of hydrogen-bond donors (Lipinski definition) is 1. The van der Waals surface area contributed by atoms with E-state index in [1.165, 1.54) is 5.56 Å². The van der Waals surface area contributed by atoms with Crippen LogP contribution in [0.25, 0.3) is 0 Å². The average molecular weight is 214 g/mol. The monoisotopic (exact) mass is 213 g/mol. The molecule has 0 spiro atoms. The molecule has 0 aliphatic rings. The minimum Gasteiger partial charge on any atom is -0.395 e. The van der Waals surface area contributed by atoms with E-state index in [2.05, 4.69) is 4.90 Å². The molecule has 0 saturated carbocycles. The molecule has 0 bridgehead atoms. The zero-order chi connectivity index (χ0) is 10.6. The molecule has 0 aliphatic heterocycles. The summed E-state index contributed by atoms with van der Waals surface area (Å²) in [7, 11) is 1.99. The normalized spacial score (nSPS) is 13.2. The van der Waals surface area contributed by atoms with Crippen molar-refractivity contribution in [3.8, 4) is 0 Å². The van der Waals surface area contributed by atoms with Gasteiger partial charge in [0.2, 0.25) is 0 Å². The van der Waals surface area contributed by atoms with Gasteiger partial charge < -0.3 is 5.11 Å². The largest absolute Gasteiger partial charge is 0.395 e. The molecule has 1 aromatic rings. The van der Waals surface area contributed by atoms with Gasteiger partial charge in [0.15, 0.2) is 0 Å². The SMILES string of the molecule is CC(CO)N(C)Cc1cccc(Cl)c1. The summed E-state index contributed by atoms with van der Waals surface area (Å²) in [6.07, 6.45) is 0. The summed E-state index contributed by atoms with van der Waals surface area (Å²) in [6.45, 7) is 2.98. The van der Waals surface area contributed by atoms with E-state index >= 15 is 0 Å². The molecule has 3 heteroatoms. The molecule has 0 amide bonds. The van der Waals surface area contributed by atoms with Gasteiger partial charge in [-0.3, -0.25) is 4.90 Å². The van der Waals surface area contributed by atoms with Crippen molar-refractivity contribution in [2.75, 3.05) is 13.7 Å². The Kier molecular flexibility index (Phi) is 4.39. The standard InChI is InChI=1S/C11H16ClNO/c1-9(8-14)13(2)7-10-4-3-5-11(12)6-10/h3-6,9,14H,7-8H2,1-2H3. The molecule has 0 aliphatic carbocycles. The number of benzene rings is 1. The van der Waals surface area contributed by atoms with Crippen molar-refractivity contribution in [3.05, 3.63) is 34.9 Å². The van der Waals surface area contributed by atoms with Crippen molar-refractivity contribution in [3.63, 3.8) is 0 Å². The second-order valence-electron chi connectivity index (χ2n) is 3.58. The molecule has 0 saturated heterocycles. The van der Waals surface area contributed by atoms with Crippen molar-refractivity contribution in [2.45, 2.75) is 19.5 Å². The first-order chi connectivity index (χ1) is 6.63. The van der Waals surface area contributed by atoms with E-state index < -0.39 is 0 Å². The molecule has 1 aromatic carbocycles. The Morgan fingerprint density at radius 2 is 2.21 bits per heavy atom. The summed E-state index contributed by atoms with van der Waals surface area (Å²) in [5.74, 6) is 0. The quantitative estimate of drug-likeness (QED) is 0.829. The molecular formula is C11H16ClNO. The number of nitrogens with zero attached hydrogens (tertiary/aromatic N) is 1. The van der Waals surface area contributed by atoms with Crippen LogP contribution < -0.4 is 0 Å². The molecule has 1 unspecified atom stereocenters. The van der Waals surface area contributed by atoms with Gasteiger partial charge in [-0.15, -0.1) is 0 Å². The van der Waals surface area contributed by atoms with Crippen molar-refractivity contribution in [2.24, 2.45) is 0 Å². The van der Waals surface area contributed by atoms with E-state index in [1.807, 2.05) is 38.2 Å². The first-order valence-electron chi connectivity index (χ1n) is 4.69. The predicted molar refractivity (Wildman–Crippen MR) is 59.5 cm³/mol. The molecule has 78 valence electrons. The summed E-state index contributed by atoms with van der Waals surface area (Å²) in [4.78, 5) is 2.09. The molecule has 0 fully saturated rings. The maximum absolute atomic E-state index is 8.97. The van der Waals surface area contributed by atoms with E-state index in [-0.39, 0.29) is 12.6 Å². The van der Waals surface area contributed by atoms with E-state index in [1.54, 1.807) is 0 Å². The molecule has 0 heterocycles. The second kappa shape index (κ2) is 5.35. The Balaban J connectivity index is 2.60. The number of rotatable bonds is 4. The molecule has 1 atom stereocenters. The van der Waals surface area contributed by atoms with Crippen LogP contribution >= 0.6 is 11.6 Å². The smallest absolute Gasteiger partial charge is 0.0584 e. The summed E-state index contributed by atoms with van der Waals surface area (Å²) in [5, 5.41) is 9.73. The Bertz CT molecular complexity index is 290. The predicted octanol–water partition coefficient (Wildman–Crippen LogP) is 2.15. The van der Waals surface area contributed by atoms with Crippen LogP contribution in [0, 0.1) is 0 Å². The number of aliphatic hydroxyl groups excluding tert-OH is 1. The van der Waals surface area contributed by atoms with Crippen LogP contribution in [0.4, 0.5) is 0 Å². The maximum atomic E-state index is 8.97. The van der Waals surface area contributed by atoms with Gasteiger partial charge in [-0.1, -0.05) is 23.7 Å². The highest BCUT2D eigenvalue weighted by Crippen LogP contribution is 2.12. The maximum Gasteiger partial charge on any atom is 0.0584 e. The Morgan fingerprint density at radius 3 is 2.79 bits per heavy atom. The summed E-state index contributed by atoms with van der Waals surface area (Å²) >= 11 is 5.87. The van der Waals surface area contributed by atoms with Gasteiger partial charge in [0, 0.05) is 17.6 Å². The average Bonchev–Trinajstić information content (AvgIpc) is 2.16. The van der Waals surface area contributed by atoms with Gasteiger partial charge in [0.25, 0.3) is 0 Å². The highest BCUT2D eigenvalue weighted by molar-refractivity contribution is 6.30. The fraction of sp³-hybridized carbons (Fsp3) is 0.455. The second-order valence-corrected chi connectivity index (χ2v) is 4.01. The van der Waals surface area contributed by atoms with Crippen LogP contribution in [-0.4, -0.2) is 29.7 Å². The highest BCUT2D eigenvalue weighted by atomic mass is 35.5. The topological polar surface area (TPSA) is 23.5 Å². The van der Waals surface area contributed by atoms with Crippen LogP contribution in [0.1, 0.15) is 12.5 Å². The Labute approximate surface area is 90.1 Å². The Morgan fingerprint density at radius 1 is 1.50 bits per heavy atom. The van der Waals surface area contributed by atoms with E-state index in [4.69, 9.17) is 16.7 Å². The lowest BCUT2D eigenvalue weighted by molar-refractivity contribution is 0.154. The summed E-state index contributed by atoms with van der Waals surface area (Å²) < 4.78 is 0. The first-order valence-corrected chi connectivity index (χ1v) is 5.07. The molecule has 0 radical (unpaired) electrons. The number of aliphatic hydroxyl groups is 1. The van der Waals surface area contributed by atoms with Crippen LogP contribution in [-0.2, 0) is 6.54 Å². The number of halogens is 1. The van der Waals surface area contributed by atoms with E-state index in [0.29, 0.717) is 0 Å². The van der Waals surface area contributed by atoms with Crippen LogP contribution in [0.3, 0.4) is 0 Å². The summed E-state index contributed by atoms with van der Waals surface area (Å²) in [5.41, 5.74) is 1.17. The third-order valence-corrected chi connectivity index (χ3v) is 2.57. The molecule has 2 nitrogen and oxygen atoms in total. The van der Waals surface area contributed by atoms with Gasteiger partial charge in [-0.05, 0) is 31.7 Å². The lowest BCUT2D eigenvalue weighted by atomic mass is 10.2. The lowest BCUT2D eigenvalue weighted by Gasteiger charge is -2.22. The van der Waals surface area contributed by atoms with Gasteiger partial charge in [-0.25, -0.2) is 0 Å². The van der Waals surface area contributed by atoms with Gasteiger partial charge in [-0.2, -0.15) is 0 Å². The van der Waals surface area contributed by atoms with Crippen LogP contribution in [0.15, 0.2) is 24.3 Å². The van der Waals surface area contributed by atoms with Crippen LogP contribution in [0.5, 0.6) is 0 Å². The highest BCUT2D eigenvalue weighted by Gasteiger charge is 2.07. The third-order valence-electron chi connectivity index (χ3n) is 2.34. The minimum atomic E-state index is 0.175. The molecule has 1 rings (SSSR count). The zero-order valence-corrected chi connectivity index (χ0v) is 9.33. The minimum absolute atomic E-state index is 0.175. The van der Waals surface area contributed by atoms with E-state index in [9.17, 15) is 0 Å². The number of likely N-dealkylation sites (N-methyl/N-ethyl adjacent to an activating group) is 1. The molecule has 14 heavy (non-hydrogen) atoms. The molecular weight excluding hydrogens is 198 g/mol. The van der Waals surface area contributed by atoms with Crippen molar-refractivity contribution in [1.29, 1.82) is 0 Å². The summed E-state index contributed by atoms with van der Waals surface area (Å²) in [6, 6.07) is 7.96. The van der Waals surface area contributed by atoms with Crippen molar-refractivity contribution in [1.82, 2.24) is 4.90 Å². The van der Waals surface area contributed by atoms with E-state index in [0.717, 1.165) is 11.6 Å². The van der Waals surface area contributed by atoms with Crippen molar-refractivity contribution < 1.29 is 5.11 Å². The third kappa shape index (κ3) is 3.29. The van der Waals surface area contributed by atoms with Crippen molar-refractivity contribution >= 4 is 11.6 Å². The van der Waals surface area contributed by atoms with Gasteiger partial charge in [0.1, 0.15) is 0 Å². The molecule has 1 N–H and O–H groups in total. The number of hydrogen-bond acceptors (Lipinski definition) is 2. The van der Waals surface area contributed by atoms with Gasteiger partial charge in [0.05, 0.1) is 6.61 Å². The van der Waals surface area contributed by atoms with Gasteiger partial charge >= 0.3 is 0 Å². The fourth-order valence-electron chi connectivity index (χ4n) is 1.22. The zero-order valence-electron chi connectivity index (χ0n) is 8.57. The fourth-order valence-corrected chi connectivity index (χ4v) is 1.43. The molecule has 0 aromatic heterocycles. The first kappa shape index (κ1) is 11.5. The lowest BCUT2D eigenvalue weighted by Crippen LogP contribution is -2.31. The Hall–Kier alpha value is -0.570.